The predicted octanol–water partition coefficient (Wildman–Crippen LogP) is 1.05. The number of likely N-dealkylation sites (N-methyl/N-ethyl adjacent to an activating group) is 1. The molecule has 130 valence electrons. The molecule has 0 bridgehead atoms. The van der Waals surface area contributed by atoms with Crippen molar-refractivity contribution in [1.29, 1.82) is 0 Å². The van der Waals surface area contributed by atoms with E-state index in [0.717, 1.165) is 6.07 Å². The highest BCUT2D eigenvalue weighted by atomic mass is 35.5. The summed E-state index contributed by atoms with van der Waals surface area (Å²) in [5.41, 5.74) is -0.559. The average molecular weight is 358 g/mol. The lowest BCUT2D eigenvalue weighted by molar-refractivity contribution is -0.384. The zero-order chi connectivity index (χ0) is 18.3. The van der Waals surface area contributed by atoms with E-state index in [1.165, 1.54) is 19.1 Å². The number of esters is 1. The summed E-state index contributed by atoms with van der Waals surface area (Å²) in [5, 5.41) is 15.5. The highest BCUT2D eigenvalue weighted by molar-refractivity contribution is 6.32. The van der Waals surface area contributed by atoms with Crippen LogP contribution in [-0.2, 0) is 14.3 Å². The number of nitro benzene ring substituents is 1. The van der Waals surface area contributed by atoms with Gasteiger partial charge in [-0.25, -0.2) is 4.79 Å². The molecule has 1 rings (SSSR count). The van der Waals surface area contributed by atoms with Gasteiger partial charge in [0.1, 0.15) is 11.1 Å². The fourth-order valence-electron chi connectivity index (χ4n) is 1.67. The third kappa shape index (κ3) is 5.51. The van der Waals surface area contributed by atoms with Crippen LogP contribution in [0.1, 0.15) is 24.2 Å². The molecule has 24 heavy (non-hydrogen) atoms. The normalized spacial score (nSPS) is 11.3. The Bertz CT molecular complexity index is 664. The number of hydrogen-bond acceptors (Lipinski definition) is 6. The van der Waals surface area contributed by atoms with E-state index in [1.54, 1.807) is 6.92 Å². The number of ether oxygens (including phenoxy) is 1. The molecule has 0 unspecified atom stereocenters. The van der Waals surface area contributed by atoms with Crippen LogP contribution in [0.15, 0.2) is 18.2 Å². The Hall–Kier alpha value is -2.68. The zero-order valence-corrected chi connectivity index (χ0v) is 13.8. The lowest BCUT2D eigenvalue weighted by Crippen LogP contribution is -2.46. The summed E-state index contributed by atoms with van der Waals surface area (Å²) in [6.07, 6.45) is 0. The van der Waals surface area contributed by atoms with E-state index >= 15 is 0 Å². The van der Waals surface area contributed by atoms with Crippen LogP contribution >= 0.6 is 11.6 Å². The molecule has 0 aliphatic carbocycles. The molecule has 0 spiro atoms. The van der Waals surface area contributed by atoms with Gasteiger partial charge in [0.25, 0.3) is 11.6 Å². The smallest absolute Gasteiger partial charge is 0.338 e. The first-order chi connectivity index (χ1) is 11.3. The summed E-state index contributed by atoms with van der Waals surface area (Å²) in [6.45, 7) is 3.01. The summed E-state index contributed by atoms with van der Waals surface area (Å²) in [5.74, 6) is -1.97. The molecule has 0 fully saturated rings. The van der Waals surface area contributed by atoms with Gasteiger partial charge >= 0.3 is 5.97 Å². The van der Waals surface area contributed by atoms with Crippen LogP contribution in [0.3, 0.4) is 0 Å². The van der Waals surface area contributed by atoms with Crippen molar-refractivity contribution in [3.8, 4) is 0 Å². The maximum atomic E-state index is 11.8. The first kappa shape index (κ1) is 19.4. The average Bonchev–Trinajstić information content (AvgIpc) is 2.52. The van der Waals surface area contributed by atoms with Gasteiger partial charge in [0.05, 0.1) is 10.5 Å². The lowest BCUT2D eigenvalue weighted by Gasteiger charge is -2.13. The monoisotopic (exact) mass is 357 g/mol. The molecule has 0 aliphatic heterocycles. The van der Waals surface area contributed by atoms with Gasteiger partial charge in [-0.2, -0.15) is 0 Å². The zero-order valence-electron chi connectivity index (χ0n) is 13.0. The molecule has 1 aromatic rings. The summed E-state index contributed by atoms with van der Waals surface area (Å²) in [6, 6.07) is 2.60. The van der Waals surface area contributed by atoms with Crippen molar-refractivity contribution in [2.75, 3.05) is 13.2 Å². The van der Waals surface area contributed by atoms with Gasteiger partial charge in [0, 0.05) is 12.6 Å². The van der Waals surface area contributed by atoms with E-state index in [9.17, 15) is 24.5 Å². The number of benzene rings is 1. The van der Waals surface area contributed by atoms with Gasteiger partial charge in [0.15, 0.2) is 6.61 Å². The van der Waals surface area contributed by atoms with E-state index in [1.807, 2.05) is 0 Å². The number of rotatable bonds is 7. The van der Waals surface area contributed by atoms with Gasteiger partial charge < -0.3 is 15.4 Å². The minimum absolute atomic E-state index is 0.115. The molecular formula is C14H16ClN3O6. The van der Waals surface area contributed by atoms with Crippen molar-refractivity contribution >= 4 is 35.1 Å². The third-order valence-corrected chi connectivity index (χ3v) is 3.15. The van der Waals surface area contributed by atoms with Gasteiger partial charge in [-0.05, 0) is 26.0 Å². The highest BCUT2D eigenvalue weighted by Gasteiger charge is 2.19. The fraction of sp³-hybridized carbons (Fsp3) is 0.357. The van der Waals surface area contributed by atoms with Gasteiger partial charge in [0.2, 0.25) is 5.91 Å². The number of nitrogens with zero attached hydrogens (tertiary/aromatic N) is 1. The Morgan fingerprint density at radius 3 is 2.62 bits per heavy atom. The molecule has 1 atom stereocenters. The molecule has 0 radical (unpaired) electrons. The second kappa shape index (κ2) is 8.82. The molecule has 0 aromatic heterocycles. The summed E-state index contributed by atoms with van der Waals surface area (Å²) < 4.78 is 4.76. The Morgan fingerprint density at radius 2 is 2.04 bits per heavy atom. The van der Waals surface area contributed by atoms with E-state index in [0.29, 0.717) is 6.54 Å². The van der Waals surface area contributed by atoms with Crippen molar-refractivity contribution in [3.05, 3.63) is 38.9 Å². The number of halogens is 1. The number of nitrogens with one attached hydrogen (secondary N) is 2. The van der Waals surface area contributed by atoms with Gasteiger partial charge in [-0.1, -0.05) is 11.6 Å². The molecule has 2 amide bonds. The number of nitro groups is 1. The maximum absolute atomic E-state index is 11.8. The van der Waals surface area contributed by atoms with E-state index in [-0.39, 0.29) is 16.5 Å². The molecule has 9 nitrogen and oxygen atoms in total. The van der Waals surface area contributed by atoms with Crippen LogP contribution in [0.2, 0.25) is 5.02 Å². The van der Waals surface area contributed by atoms with E-state index in [2.05, 4.69) is 10.6 Å². The largest absolute Gasteiger partial charge is 0.452 e. The van der Waals surface area contributed by atoms with Crippen LogP contribution in [0, 0.1) is 10.1 Å². The molecule has 0 saturated carbocycles. The Morgan fingerprint density at radius 1 is 1.38 bits per heavy atom. The number of hydrogen-bond donors (Lipinski definition) is 2. The highest BCUT2D eigenvalue weighted by Crippen LogP contribution is 2.25. The third-order valence-electron chi connectivity index (χ3n) is 2.83. The molecule has 0 heterocycles. The first-order valence-electron chi connectivity index (χ1n) is 6.94. The Balaban J connectivity index is 2.60. The summed E-state index contributed by atoms with van der Waals surface area (Å²) in [7, 11) is 0. The molecule has 2 N–H and O–H groups in total. The lowest BCUT2D eigenvalue weighted by atomic mass is 10.2. The standard InChI is InChI=1S/C14H16ClN3O6/c1-3-16-13(20)8(2)17-12(19)7-24-14(21)9-4-5-10(15)11(6-9)18(22)23/h4-6,8H,3,7H2,1-2H3,(H,16,20)(H,17,19)/t8-/m0/s1. The second-order valence-corrected chi connectivity index (χ2v) is 5.09. The topological polar surface area (TPSA) is 128 Å². The summed E-state index contributed by atoms with van der Waals surface area (Å²) >= 11 is 5.64. The fourth-order valence-corrected chi connectivity index (χ4v) is 1.86. The maximum Gasteiger partial charge on any atom is 0.338 e. The van der Waals surface area contributed by atoms with Crippen LogP contribution in [0.25, 0.3) is 0 Å². The van der Waals surface area contributed by atoms with Crippen molar-refractivity contribution in [3.63, 3.8) is 0 Å². The predicted molar refractivity (Wildman–Crippen MR) is 84.7 cm³/mol. The van der Waals surface area contributed by atoms with Crippen LogP contribution in [0.5, 0.6) is 0 Å². The SMILES string of the molecule is CCNC(=O)[C@H](C)NC(=O)COC(=O)c1ccc(Cl)c([N+](=O)[O-])c1. The minimum atomic E-state index is -0.921. The van der Waals surface area contributed by atoms with Crippen molar-refractivity contribution in [1.82, 2.24) is 10.6 Å². The van der Waals surface area contributed by atoms with Crippen molar-refractivity contribution in [2.24, 2.45) is 0 Å². The quantitative estimate of drug-likeness (QED) is 0.426. The van der Waals surface area contributed by atoms with E-state index in [4.69, 9.17) is 16.3 Å². The molecule has 0 aliphatic rings. The van der Waals surface area contributed by atoms with Gasteiger partial charge in [-0.15, -0.1) is 0 Å². The number of carbonyl (C=O) groups is 3. The summed E-state index contributed by atoms with van der Waals surface area (Å²) in [4.78, 5) is 44.9. The van der Waals surface area contributed by atoms with Crippen LogP contribution in [0.4, 0.5) is 5.69 Å². The minimum Gasteiger partial charge on any atom is -0.452 e. The van der Waals surface area contributed by atoms with Crippen LogP contribution in [-0.4, -0.2) is 41.9 Å². The molecule has 10 heteroatoms. The van der Waals surface area contributed by atoms with Crippen molar-refractivity contribution < 1.29 is 24.0 Å². The molecular weight excluding hydrogens is 342 g/mol. The van der Waals surface area contributed by atoms with Crippen molar-refractivity contribution in [2.45, 2.75) is 19.9 Å². The van der Waals surface area contributed by atoms with E-state index < -0.39 is 35.1 Å². The Labute approximate surface area is 142 Å². The number of carbonyl (C=O) groups excluding carboxylic acids is 3. The molecule has 0 saturated heterocycles. The molecule has 1 aromatic carbocycles. The van der Waals surface area contributed by atoms with Crippen LogP contribution < -0.4 is 10.6 Å². The Kier molecular flexibility index (Phi) is 7.12. The first-order valence-corrected chi connectivity index (χ1v) is 7.32. The number of amides is 2. The second-order valence-electron chi connectivity index (χ2n) is 4.68. The van der Waals surface area contributed by atoms with Gasteiger partial charge in [-0.3, -0.25) is 19.7 Å².